The Kier molecular flexibility index (Phi) is 6.72. The van der Waals surface area contributed by atoms with E-state index in [0.29, 0.717) is 29.1 Å². The Labute approximate surface area is 186 Å². The molecule has 0 fully saturated rings. The SMILES string of the molecule is CCn1nccc1Oc1cc(Sc2ccccn2)cnc1Nc1nc(C(O)CO)ns1. The zero-order chi connectivity index (χ0) is 21.6. The van der Waals surface area contributed by atoms with Crippen molar-refractivity contribution in [2.24, 2.45) is 0 Å². The van der Waals surface area contributed by atoms with Crippen molar-refractivity contribution in [3.8, 4) is 11.6 Å². The number of pyridine rings is 2. The number of aliphatic hydroxyl groups excluding tert-OH is 2. The molecule has 0 saturated carbocycles. The van der Waals surface area contributed by atoms with E-state index in [-0.39, 0.29) is 5.82 Å². The highest BCUT2D eigenvalue weighted by atomic mass is 32.2. The van der Waals surface area contributed by atoms with Crippen molar-refractivity contribution in [2.45, 2.75) is 29.5 Å². The molecule has 4 heterocycles. The lowest BCUT2D eigenvalue weighted by atomic mass is 10.4. The van der Waals surface area contributed by atoms with Crippen LogP contribution in [0.4, 0.5) is 10.9 Å². The average molecular weight is 458 g/mol. The first-order valence-corrected chi connectivity index (χ1v) is 10.9. The Hall–Kier alpha value is -3.06. The molecule has 12 heteroatoms. The number of hydrogen-bond acceptors (Lipinski definition) is 11. The molecule has 0 aromatic carbocycles. The second-order valence-corrected chi connectivity index (χ2v) is 8.00. The van der Waals surface area contributed by atoms with Crippen molar-refractivity contribution in [1.82, 2.24) is 29.1 Å². The number of rotatable bonds is 9. The first kappa shape index (κ1) is 21.2. The van der Waals surface area contributed by atoms with Gasteiger partial charge in [-0.1, -0.05) is 17.8 Å². The van der Waals surface area contributed by atoms with E-state index in [4.69, 9.17) is 9.84 Å². The lowest BCUT2D eigenvalue weighted by molar-refractivity contribution is 0.0897. The normalized spacial score (nSPS) is 12.0. The Morgan fingerprint density at radius 2 is 2.16 bits per heavy atom. The summed E-state index contributed by atoms with van der Waals surface area (Å²) in [4.78, 5) is 13.9. The van der Waals surface area contributed by atoms with Gasteiger partial charge in [-0.05, 0) is 19.1 Å². The van der Waals surface area contributed by atoms with Crippen molar-refractivity contribution in [3.05, 3.63) is 54.7 Å². The highest BCUT2D eigenvalue weighted by molar-refractivity contribution is 7.99. The summed E-state index contributed by atoms with van der Waals surface area (Å²) in [6, 6.07) is 9.32. The van der Waals surface area contributed by atoms with Crippen LogP contribution in [0.5, 0.6) is 11.6 Å². The summed E-state index contributed by atoms with van der Waals surface area (Å²) >= 11 is 2.51. The topological polar surface area (TPSA) is 131 Å². The fourth-order valence-corrected chi connectivity index (χ4v) is 3.94. The van der Waals surface area contributed by atoms with Gasteiger partial charge in [0.1, 0.15) is 11.1 Å². The van der Waals surface area contributed by atoms with Crippen LogP contribution in [0, 0.1) is 0 Å². The molecule has 0 radical (unpaired) electrons. The summed E-state index contributed by atoms with van der Waals surface area (Å²) in [5.74, 6) is 1.61. The first-order chi connectivity index (χ1) is 15.2. The van der Waals surface area contributed by atoms with Crippen LogP contribution in [-0.4, -0.2) is 45.9 Å². The number of ether oxygens (including phenoxy) is 1. The predicted molar refractivity (Wildman–Crippen MR) is 116 cm³/mol. The smallest absolute Gasteiger partial charge is 0.217 e. The molecule has 0 amide bonds. The molecule has 1 atom stereocenters. The van der Waals surface area contributed by atoms with Crippen LogP contribution in [0.15, 0.2) is 58.8 Å². The van der Waals surface area contributed by atoms with Gasteiger partial charge in [0.2, 0.25) is 11.0 Å². The van der Waals surface area contributed by atoms with Crippen molar-refractivity contribution >= 4 is 34.2 Å². The number of nitrogens with one attached hydrogen (secondary N) is 1. The monoisotopic (exact) mass is 457 g/mol. The van der Waals surface area contributed by atoms with E-state index in [2.05, 4.69) is 29.7 Å². The third-order valence-electron chi connectivity index (χ3n) is 4.02. The summed E-state index contributed by atoms with van der Waals surface area (Å²) < 4.78 is 11.9. The van der Waals surface area contributed by atoms with E-state index < -0.39 is 12.7 Å². The number of hydrogen-bond donors (Lipinski definition) is 3. The van der Waals surface area contributed by atoms with E-state index in [1.165, 1.54) is 11.8 Å². The number of aliphatic hydroxyl groups is 2. The molecular weight excluding hydrogens is 438 g/mol. The van der Waals surface area contributed by atoms with Crippen LogP contribution < -0.4 is 10.1 Å². The molecule has 3 N–H and O–H groups in total. The zero-order valence-corrected chi connectivity index (χ0v) is 18.0. The maximum atomic E-state index is 9.71. The highest BCUT2D eigenvalue weighted by Crippen LogP contribution is 2.36. The summed E-state index contributed by atoms with van der Waals surface area (Å²) in [6.07, 6.45) is 3.97. The van der Waals surface area contributed by atoms with Crippen LogP contribution in [0.3, 0.4) is 0 Å². The number of aromatic nitrogens is 6. The summed E-state index contributed by atoms with van der Waals surface area (Å²) in [7, 11) is 0. The molecule has 0 spiro atoms. The molecular formula is C19H19N7O3S2. The van der Waals surface area contributed by atoms with Crippen molar-refractivity contribution in [2.75, 3.05) is 11.9 Å². The van der Waals surface area contributed by atoms with Crippen molar-refractivity contribution in [1.29, 1.82) is 0 Å². The number of nitrogens with zero attached hydrogens (tertiary/aromatic N) is 6. The average Bonchev–Trinajstić information content (AvgIpc) is 3.45. The maximum absolute atomic E-state index is 9.71. The van der Waals surface area contributed by atoms with Gasteiger partial charge in [0.05, 0.1) is 12.8 Å². The van der Waals surface area contributed by atoms with Crippen molar-refractivity contribution < 1.29 is 14.9 Å². The van der Waals surface area contributed by atoms with Gasteiger partial charge in [-0.2, -0.15) is 9.47 Å². The van der Waals surface area contributed by atoms with E-state index in [0.717, 1.165) is 21.5 Å². The molecule has 4 rings (SSSR count). The third kappa shape index (κ3) is 5.17. The van der Waals surface area contributed by atoms with Gasteiger partial charge in [-0.25, -0.2) is 19.6 Å². The Bertz CT molecular complexity index is 1140. The second kappa shape index (κ2) is 9.83. The van der Waals surface area contributed by atoms with E-state index in [9.17, 15) is 5.11 Å². The minimum Gasteiger partial charge on any atom is -0.435 e. The van der Waals surface area contributed by atoms with Gasteiger partial charge >= 0.3 is 0 Å². The zero-order valence-electron chi connectivity index (χ0n) is 16.4. The second-order valence-electron chi connectivity index (χ2n) is 6.16. The van der Waals surface area contributed by atoms with Crippen LogP contribution in [0.25, 0.3) is 0 Å². The van der Waals surface area contributed by atoms with Crippen LogP contribution in [-0.2, 0) is 6.54 Å². The summed E-state index contributed by atoms with van der Waals surface area (Å²) in [5, 5.41) is 27.3. The summed E-state index contributed by atoms with van der Waals surface area (Å²) in [6.45, 7) is 2.17. The van der Waals surface area contributed by atoms with Gasteiger partial charge in [0.15, 0.2) is 17.4 Å². The van der Waals surface area contributed by atoms with E-state index in [1.807, 2.05) is 31.2 Å². The van der Waals surface area contributed by atoms with Gasteiger partial charge in [0, 0.05) is 47.5 Å². The van der Waals surface area contributed by atoms with Gasteiger partial charge < -0.3 is 20.3 Å². The maximum Gasteiger partial charge on any atom is 0.217 e. The molecule has 4 aromatic rings. The molecule has 4 aromatic heterocycles. The largest absolute Gasteiger partial charge is 0.435 e. The molecule has 0 aliphatic carbocycles. The lowest BCUT2D eigenvalue weighted by Crippen LogP contribution is -2.05. The minimum absolute atomic E-state index is 0.142. The molecule has 0 saturated heterocycles. The quantitative estimate of drug-likeness (QED) is 0.344. The van der Waals surface area contributed by atoms with Crippen molar-refractivity contribution in [3.63, 3.8) is 0 Å². The fraction of sp³-hybridized carbons (Fsp3) is 0.211. The van der Waals surface area contributed by atoms with E-state index in [1.54, 1.807) is 29.3 Å². The summed E-state index contributed by atoms with van der Waals surface area (Å²) in [5.41, 5.74) is 0. The number of aryl methyl sites for hydroxylation is 1. The lowest BCUT2D eigenvalue weighted by Gasteiger charge is -2.12. The van der Waals surface area contributed by atoms with E-state index >= 15 is 0 Å². The molecule has 31 heavy (non-hydrogen) atoms. The Balaban J connectivity index is 1.63. The third-order valence-corrected chi connectivity index (χ3v) is 5.57. The number of anilines is 2. The predicted octanol–water partition coefficient (Wildman–Crippen LogP) is 3.26. The van der Waals surface area contributed by atoms with Gasteiger partial charge in [-0.15, -0.1) is 0 Å². The molecule has 0 aliphatic heterocycles. The Morgan fingerprint density at radius 3 is 2.94 bits per heavy atom. The Morgan fingerprint density at radius 1 is 1.26 bits per heavy atom. The molecule has 1 unspecified atom stereocenters. The minimum atomic E-state index is -1.13. The first-order valence-electron chi connectivity index (χ1n) is 9.34. The molecule has 0 bridgehead atoms. The van der Waals surface area contributed by atoms with Gasteiger partial charge in [0.25, 0.3) is 0 Å². The standard InChI is InChI=1S/C19H19N7O3S2/c1-2-26-16(6-8-22-26)29-14-9-12(30-15-5-3-4-7-20-15)10-21-18(14)24-19-23-17(25-31-19)13(28)11-27/h3-10,13,27-28H,2,11H2,1H3,(H,21,23,24,25). The fourth-order valence-electron chi connectivity index (χ4n) is 2.54. The molecule has 10 nitrogen and oxygen atoms in total. The van der Waals surface area contributed by atoms with Crippen LogP contribution in [0.1, 0.15) is 18.9 Å². The molecule has 160 valence electrons. The van der Waals surface area contributed by atoms with Crippen LogP contribution >= 0.6 is 23.3 Å². The molecule has 0 aliphatic rings. The van der Waals surface area contributed by atoms with Gasteiger partial charge in [-0.3, -0.25) is 0 Å². The highest BCUT2D eigenvalue weighted by Gasteiger charge is 2.16. The van der Waals surface area contributed by atoms with Crippen LogP contribution in [0.2, 0.25) is 0 Å².